The summed E-state index contributed by atoms with van der Waals surface area (Å²) in [6, 6.07) is 4.06. The number of rotatable bonds is 4. The van der Waals surface area contributed by atoms with Gasteiger partial charge in [0.1, 0.15) is 0 Å². The Labute approximate surface area is 77.8 Å². The lowest BCUT2D eigenvalue weighted by molar-refractivity contribution is 1.17. The number of pyridine rings is 1. The van der Waals surface area contributed by atoms with Crippen molar-refractivity contribution in [3.63, 3.8) is 0 Å². The number of nitrogens with one attached hydrogen (secondary N) is 1. The Morgan fingerprint density at radius 1 is 1.58 bits per heavy atom. The first-order chi connectivity index (χ1) is 5.86. The van der Waals surface area contributed by atoms with Crippen molar-refractivity contribution in [3.8, 4) is 0 Å². The molecule has 0 radical (unpaired) electrons. The van der Waals surface area contributed by atoms with Crippen molar-refractivity contribution in [1.82, 2.24) is 4.98 Å². The van der Waals surface area contributed by atoms with Crippen molar-refractivity contribution in [2.75, 3.05) is 18.1 Å². The summed E-state index contributed by atoms with van der Waals surface area (Å²) in [5.74, 6) is 2.15. The number of thioether (sulfide) groups is 1. The molecule has 2 nitrogen and oxygen atoms in total. The summed E-state index contributed by atoms with van der Waals surface area (Å²) in [5.41, 5.74) is 2.28. The maximum absolute atomic E-state index is 4.26. The van der Waals surface area contributed by atoms with E-state index in [1.54, 1.807) is 0 Å². The van der Waals surface area contributed by atoms with E-state index in [9.17, 15) is 0 Å². The second-order valence-corrected chi connectivity index (χ2v) is 3.70. The van der Waals surface area contributed by atoms with Crippen molar-refractivity contribution in [2.45, 2.75) is 12.7 Å². The van der Waals surface area contributed by atoms with E-state index in [4.69, 9.17) is 0 Å². The van der Waals surface area contributed by atoms with Crippen molar-refractivity contribution in [1.29, 1.82) is 0 Å². The van der Waals surface area contributed by atoms with Crippen molar-refractivity contribution in [3.05, 3.63) is 24.0 Å². The van der Waals surface area contributed by atoms with E-state index in [-0.39, 0.29) is 0 Å². The molecule has 0 aliphatic carbocycles. The largest absolute Gasteiger partial charge is 0.388 e. The molecule has 1 N–H and O–H groups in total. The minimum atomic E-state index is 1.01. The van der Waals surface area contributed by atoms with Crippen molar-refractivity contribution in [2.24, 2.45) is 0 Å². The normalized spacial score (nSPS) is 9.83. The summed E-state index contributed by atoms with van der Waals surface area (Å²) in [6.45, 7) is 2.16. The monoisotopic (exact) mass is 182 g/mol. The van der Waals surface area contributed by atoms with E-state index in [1.807, 2.05) is 31.1 Å². The molecular formula is C9H14N2S. The first-order valence-electron chi connectivity index (χ1n) is 4.07. The highest BCUT2D eigenvalue weighted by molar-refractivity contribution is 7.98. The van der Waals surface area contributed by atoms with Crippen LogP contribution >= 0.6 is 11.8 Å². The topological polar surface area (TPSA) is 24.9 Å². The molecule has 1 heterocycles. The van der Waals surface area contributed by atoms with E-state index in [0.717, 1.165) is 22.9 Å². The van der Waals surface area contributed by atoms with Crippen LogP contribution in [0.1, 0.15) is 12.6 Å². The smallest absolute Gasteiger partial charge is 0.0523 e. The van der Waals surface area contributed by atoms with Gasteiger partial charge in [-0.15, -0.1) is 0 Å². The SMILES string of the molecule is CCSCc1cc(NC)ccn1. The summed E-state index contributed by atoms with van der Waals surface area (Å²) >= 11 is 1.89. The summed E-state index contributed by atoms with van der Waals surface area (Å²) in [5, 5.41) is 3.09. The number of hydrogen-bond donors (Lipinski definition) is 1. The average Bonchev–Trinajstić information content (AvgIpc) is 2.15. The number of hydrogen-bond acceptors (Lipinski definition) is 3. The van der Waals surface area contributed by atoms with Crippen LogP contribution < -0.4 is 5.32 Å². The van der Waals surface area contributed by atoms with Crippen LogP contribution in [0.4, 0.5) is 5.69 Å². The van der Waals surface area contributed by atoms with E-state index < -0.39 is 0 Å². The molecule has 0 amide bonds. The van der Waals surface area contributed by atoms with Crippen LogP contribution in [0.15, 0.2) is 18.3 Å². The quantitative estimate of drug-likeness (QED) is 0.774. The van der Waals surface area contributed by atoms with Gasteiger partial charge < -0.3 is 5.32 Å². The maximum Gasteiger partial charge on any atom is 0.0523 e. The third kappa shape index (κ3) is 2.74. The van der Waals surface area contributed by atoms with Gasteiger partial charge in [0.25, 0.3) is 0 Å². The van der Waals surface area contributed by atoms with Crippen LogP contribution in [0.3, 0.4) is 0 Å². The fourth-order valence-corrected chi connectivity index (χ4v) is 1.49. The summed E-state index contributed by atoms with van der Waals surface area (Å²) < 4.78 is 0. The second kappa shape index (κ2) is 5.04. The van der Waals surface area contributed by atoms with E-state index in [0.29, 0.717) is 0 Å². The zero-order chi connectivity index (χ0) is 8.81. The van der Waals surface area contributed by atoms with Gasteiger partial charge in [-0.1, -0.05) is 6.92 Å². The molecule has 3 heteroatoms. The summed E-state index contributed by atoms with van der Waals surface area (Å²) in [4.78, 5) is 4.26. The van der Waals surface area contributed by atoms with Gasteiger partial charge in [0.15, 0.2) is 0 Å². The Kier molecular flexibility index (Phi) is 3.94. The van der Waals surface area contributed by atoms with Crippen molar-refractivity contribution >= 4 is 17.4 Å². The predicted octanol–water partition coefficient (Wildman–Crippen LogP) is 2.38. The Bertz CT molecular complexity index is 238. The van der Waals surface area contributed by atoms with Crippen LogP contribution in [-0.4, -0.2) is 17.8 Å². The fourth-order valence-electron chi connectivity index (χ4n) is 0.919. The third-order valence-electron chi connectivity index (χ3n) is 1.56. The molecule has 12 heavy (non-hydrogen) atoms. The van der Waals surface area contributed by atoms with E-state index in [1.165, 1.54) is 0 Å². The van der Waals surface area contributed by atoms with Crippen LogP contribution in [0.5, 0.6) is 0 Å². The molecule has 1 rings (SSSR count). The van der Waals surface area contributed by atoms with Crippen LogP contribution in [0.25, 0.3) is 0 Å². The minimum absolute atomic E-state index is 1.01. The molecule has 0 spiro atoms. The van der Waals surface area contributed by atoms with Crippen LogP contribution in [0.2, 0.25) is 0 Å². The molecule has 0 unspecified atom stereocenters. The molecule has 0 atom stereocenters. The average molecular weight is 182 g/mol. The fraction of sp³-hybridized carbons (Fsp3) is 0.444. The molecule has 1 aromatic rings. The van der Waals surface area contributed by atoms with Crippen LogP contribution in [-0.2, 0) is 5.75 Å². The molecule has 66 valence electrons. The molecular weight excluding hydrogens is 168 g/mol. The minimum Gasteiger partial charge on any atom is -0.388 e. The molecule has 0 saturated heterocycles. The molecule has 0 bridgehead atoms. The van der Waals surface area contributed by atoms with Crippen LogP contribution in [0, 0.1) is 0 Å². The van der Waals surface area contributed by atoms with Gasteiger partial charge in [0, 0.05) is 24.7 Å². The second-order valence-electron chi connectivity index (χ2n) is 2.42. The number of aromatic nitrogens is 1. The van der Waals surface area contributed by atoms with Gasteiger partial charge in [-0.3, -0.25) is 4.98 Å². The highest BCUT2D eigenvalue weighted by Gasteiger charge is 1.94. The van der Waals surface area contributed by atoms with Gasteiger partial charge in [0.2, 0.25) is 0 Å². The van der Waals surface area contributed by atoms with E-state index in [2.05, 4.69) is 23.3 Å². The van der Waals surface area contributed by atoms with Gasteiger partial charge in [-0.25, -0.2) is 0 Å². The molecule has 0 saturated carbocycles. The lowest BCUT2D eigenvalue weighted by atomic mass is 10.3. The van der Waals surface area contributed by atoms with Gasteiger partial charge in [0.05, 0.1) is 5.69 Å². The standard InChI is InChI=1S/C9H14N2S/c1-3-12-7-9-6-8(10-2)4-5-11-9/h4-6H,3,7H2,1-2H3,(H,10,11). The number of nitrogens with zero attached hydrogens (tertiary/aromatic N) is 1. The summed E-state index contributed by atoms with van der Waals surface area (Å²) in [7, 11) is 1.92. The molecule has 0 aliphatic rings. The van der Waals surface area contributed by atoms with Gasteiger partial charge in [-0.2, -0.15) is 11.8 Å². The zero-order valence-corrected chi connectivity index (χ0v) is 8.32. The molecule has 0 fully saturated rings. The zero-order valence-electron chi connectivity index (χ0n) is 7.50. The highest BCUT2D eigenvalue weighted by Crippen LogP contribution is 2.12. The Balaban J connectivity index is 2.60. The van der Waals surface area contributed by atoms with Gasteiger partial charge in [-0.05, 0) is 17.9 Å². The summed E-state index contributed by atoms with van der Waals surface area (Å²) in [6.07, 6.45) is 1.84. The first kappa shape index (κ1) is 9.39. The maximum atomic E-state index is 4.26. The van der Waals surface area contributed by atoms with Crippen molar-refractivity contribution < 1.29 is 0 Å². The molecule has 0 aromatic carbocycles. The predicted molar refractivity (Wildman–Crippen MR) is 55.6 cm³/mol. The van der Waals surface area contributed by atoms with Gasteiger partial charge >= 0.3 is 0 Å². The Morgan fingerprint density at radius 3 is 3.08 bits per heavy atom. The molecule has 0 aliphatic heterocycles. The number of anilines is 1. The lowest BCUT2D eigenvalue weighted by Crippen LogP contribution is -1.92. The Hall–Kier alpha value is -0.700. The lowest BCUT2D eigenvalue weighted by Gasteiger charge is -2.02. The van der Waals surface area contributed by atoms with E-state index >= 15 is 0 Å². The Morgan fingerprint density at radius 2 is 2.42 bits per heavy atom. The first-order valence-corrected chi connectivity index (χ1v) is 5.22. The molecule has 1 aromatic heterocycles. The third-order valence-corrected chi connectivity index (χ3v) is 2.47. The highest BCUT2D eigenvalue weighted by atomic mass is 32.2.